The molecule has 0 aromatic heterocycles. The van der Waals surface area contributed by atoms with E-state index >= 15 is 0 Å². The highest BCUT2D eigenvalue weighted by molar-refractivity contribution is 4.93. The molecule has 0 aliphatic carbocycles. The third-order valence-electron chi connectivity index (χ3n) is 0.424. The van der Waals surface area contributed by atoms with Gasteiger partial charge in [0.1, 0.15) is 0 Å². The summed E-state index contributed by atoms with van der Waals surface area (Å²) < 4.78 is 0. The maximum absolute atomic E-state index is 8.49. The van der Waals surface area contributed by atoms with Gasteiger partial charge in [-0.1, -0.05) is 5.92 Å². The molecule has 0 bridgehead atoms. The molecule has 0 fully saturated rings. The molecule has 0 aromatic rings. The Morgan fingerprint density at radius 3 is 2.12 bits per heavy atom. The molecule has 0 amide bonds. The summed E-state index contributed by atoms with van der Waals surface area (Å²) in [7, 11) is 0. The summed E-state index contributed by atoms with van der Waals surface area (Å²) in [6.45, 7) is 2.79. The highest BCUT2D eigenvalue weighted by Gasteiger charge is 2.09. The minimum atomic E-state index is -1.87. The summed E-state index contributed by atoms with van der Waals surface area (Å²) in [5, 5.41) is 19.1. The lowest BCUT2D eigenvalue weighted by molar-refractivity contribution is -0.158. The number of hydrogen-bond donors (Lipinski definition) is 3. The number of nitrogens with one attached hydrogen (secondary N) is 1. The zero-order valence-corrected chi connectivity index (χ0v) is 4.89. The lowest BCUT2D eigenvalue weighted by Crippen LogP contribution is -2.38. The maximum Gasteiger partial charge on any atom is 0.247 e. The molecule has 46 valence electrons. The van der Waals surface area contributed by atoms with Crippen LogP contribution in [0.25, 0.3) is 0 Å². The van der Waals surface area contributed by atoms with E-state index in [1.165, 1.54) is 6.92 Å². The predicted octanol–water partition coefficient (Wildman–Crippen LogP) is -0.785. The van der Waals surface area contributed by atoms with Crippen LogP contribution in [0, 0.1) is 12.0 Å². The van der Waals surface area contributed by atoms with Gasteiger partial charge in [0.25, 0.3) is 0 Å². The van der Waals surface area contributed by atoms with Crippen molar-refractivity contribution in [2.24, 2.45) is 0 Å². The van der Waals surface area contributed by atoms with Crippen LogP contribution in [0.5, 0.6) is 0 Å². The third-order valence-corrected chi connectivity index (χ3v) is 0.424. The molecule has 0 rings (SSSR count). The van der Waals surface area contributed by atoms with Crippen LogP contribution < -0.4 is 5.32 Å². The van der Waals surface area contributed by atoms with Crippen molar-refractivity contribution in [3.05, 3.63) is 0 Å². The second-order valence-electron chi connectivity index (χ2n) is 1.52. The fraction of sp³-hybridized carbons (Fsp3) is 0.600. The molecule has 0 heterocycles. The molecular formula is C5H9NO2. The van der Waals surface area contributed by atoms with Crippen molar-refractivity contribution in [2.45, 2.75) is 19.8 Å². The van der Waals surface area contributed by atoms with Gasteiger partial charge in [0.05, 0.1) is 0 Å². The Morgan fingerprint density at radius 2 is 2.00 bits per heavy atom. The van der Waals surface area contributed by atoms with E-state index in [4.69, 9.17) is 10.2 Å². The highest BCUT2D eigenvalue weighted by Crippen LogP contribution is 1.85. The van der Waals surface area contributed by atoms with Crippen LogP contribution in [0.3, 0.4) is 0 Å². The molecule has 3 nitrogen and oxygen atoms in total. The van der Waals surface area contributed by atoms with Gasteiger partial charge in [0.2, 0.25) is 5.91 Å². The largest absolute Gasteiger partial charge is 0.349 e. The lowest BCUT2D eigenvalue weighted by atomic mass is 10.6. The molecule has 0 aliphatic heterocycles. The van der Waals surface area contributed by atoms with E-state index in [2.05, 4.69) is 17.3 Å². The van der Waals surface area contributed by atoms with Gasteiger partial charge in [-0.2, -0.15) is 0 Å². The van der Waals surface area contributed by atoms with Gasteiger partial charge in [-0.15, -0.1) is 0 Å². The molecule has 3 N–H and O–H groups in total. The molecule has 0 radical (unpaired) electrons. The van der Waals surface area contributed by atoms with Crippen LogP contribution in [0.15, 0.2) is 0 Å². The van der Waals surface area contributed by atoms with Crippen molar-refractivity contribution < 1.29 is 10.2 Å². The maximum atomic E-state index is 8.49. The highest BCUT2D eigenvalue weighted by atomic mass is 16.5. The molecule has 0 aliphatic rings. The summed E-state index contributed by atoms with van der Waals surface area (Å²) in [5.41, 5.74) is 0. The predicted molar refractivity (Wildman–Crippen MR) is 29.4 cm³/mol. The molecule has 0 saturated heterocycles. The van der Waals surface area contributed by atoms with E-state index in [0.29, 0.717) is 0 Å². The van der Waals surface area contributed by atoms with Crippen molar-refractivity contribution in [3.8, 4) is 12.0 Å². The first kappa shape index (κ1) is 7.28. The Kier molecular flexibility index (Phi) is 2.32. The van der Waals surface area contributed by atoms with Crippen LogP contribution >= 0.6 is 0 Å². The number of aliphatic hydroxyl groups is 2. The van der Waals surface area contributed by atoms with E-state index in [1.54, 1.807) is 6.92 Å². The number of hydrogen-bond acceptors (Lipinski definition) is 3. The zero-order chi connectivity index (χ0) is 6.62. The Morgan fingerprint density at radius 1 is 1.50 bits per heavy atom. The van der Waals surface area contributed by atoms with Crippen LogP contribution in [-0.4, -0.2) is 16.1 Å². The first-order chi connectivity index (χ1) is 3.56. The van der Waals surface area contributed by atoms with Gasteiger partial charge < -0.3 is 10.2 Å². The minimum absolute atomic E-state index is 1.19. The smallest absolute Gasteiger partial charge is 0.247 e. The first-order valence-corrected chi connectivity index (χ1v) is 2.20. The molecule has 0 atom stereocenters. The molecule has 0 saturated carbocycles. The van der Waals surface area contributed by atoms with Crippen LogP contribution in [0.1, 0.15) is 13.8 Å². The molecule has 0 aromatic carbocycles. The van der Waals surface area contributed by atoms with Crippen molar-refractivity contribution in [1.29, 1.82) is 0 Å². The topological polar surface area (TPSA) is 52.5 Å². The Hall–Kier alpha value is -0.720. The summed E-state index contributed by atoms with van der Waals surface area (Å²) in [6.07, 6.45) is 0. The van der Waals surface area contributed by atoms with E-state index < -0.39 is 5.91 Å². The Bertz CT molecular complexity index is 115. The average Bonchev–Trinajstić information content (AvgIpc) is 1.59. The number of rotatable bonds is 1. The van der Waals surface area contributed by atoms with Crippen LogP contribution in [0.2, 0.25) is 0 Å². The van der Waals surface area contributed by atoms with Crippen LogP contribution in [-0.2, 0) is 0 Å². The summed E-state index contributed by atoms with van der Waals surface area (Å²) in [5.74, 6) is 0.571. The zero-order valence-electron chi connectivity index (χ0n) is 4.89. The fourth-order valence-corrected chi connectivity index (χ4v) is 0.181. The van der Waals surface area contributed by atoms with Gasteiger partial charge in [-0.05, 0) is 6.92 Å². The molecule has 3 heteroatoms. The van der Waals surface area contributed by atoms with E-state index in [-0.39, 0.29) is 0 Å². The molecular weight excluding hydrogens is 106 g/mol. The average molecular weight is 115 g/mol. The van der Waals surface area contributed by atoms with Crippen molar-refractivity contribution in [2.75, 3.05) is 0 Å². The van der Waals surface area contributed by atoms with Crippen LogP contribution in [0.4, 0.5) is 0 Å². The second-order valence-corrected chi connectivity index (χ2v) is 1.52. The minimum Gasteiger partial charge on any atom is -0.349 e. The van der Waals surface area contributed by atoms with Gasteiger partial charge >= 0.3 is 0 Å². The van der Waals surface area contributed by atoms with Gasteiger partial charge in [-0.3, -0.25) is 5.32 Å². The summed E-state index contributed by atoms with van der Waals surface area (Å²) in [4.78, 5) is 0. The normalized spacial score (nSPS) is 9.50. The van der Waals surface area contributed by atoms with Gasteiger partial charge in [-0.25, -0.2) is 0 Å². The summed E-state index contributed by atoms with van der Waals surface area (Å²) >= 11 is 0. The van der Waals surface area contributed by atoms with Crippen molar-refractivity contribution >= 4 is 0 Å². The van der Waals surface area contributed by atoms with Gasteiger partial charge in [0, 0.05) is 13.0 Å². The first-order valence-electron chi connectivity index (χ1n) is 2.20. The Labute approximate surface area is 48.3 Å². The molecule has 0 unspecified atom stereocenters. The SMILES string of the molecule is CC#CNC(C)(O)O. The Balaban J connectivity index is 3.50. The second kappa shape index (κ2) is 2.55. The van der Waals surface area contributed by atoms with Gasteiger partial charge in [0.15, 0.2) is 0 Å². The van der Waals surface area contributed by atoms with E-state index in [9.17, 15) is 0 Å². The van der Waals surface area contributed by atoms with E-state index in [0.717, 1.165) is 0 Å². The van der Waals surface area contributed by atoms with Crippen molar-refractivity contribution in [3.63, 3.8) is 0 Å². The van der Waals surface area contributed by atoms with Crippen molar-refractivity contribution in [1.82, 2.24) is 5.32 Å². The molecule has 0 spiro atoms. The summed E-state index contributed by atoms with van der Waals surface area (Å²) in [6, 6.07) is 2.29. The third kappa shape index (κ3) is 5.28. The lowest BCUT2D eigenvalue weighted by Gasteiger charge is -2.12. The monoisotopic (exact) mass is 115 g/mol. The molecule has 8 heavy (non-hydrogen) atoms. The standard InChI is InChI=1S/C5H9NO2/c1-3-4-6-5(2,7)8/h6-8H,1-2H3. The van der Waals surface area contributed by atoms with E-state index in [1.807, 2.05) is 0 Å². The quantitative estimate of drug-likeness (QED) is 0.238. The fourth-order valence-electron chi connectivity index (χ4n) is 0.181.